The lowest BCUT2D eigenvalue weighted by atomic mass is 9.97. The highest BCUT2D eigenvalue weighted by molar-refractivity contribution is 6.02. The van der Waals surface area contributed by atoms with E-state index in [4.69, 9.17) is 4.74 Å². The number of hydrogen-bond donors (Lipinski definition) is 1. The number of ether oxygens (including phenoxy) is 1. The Morgan fingerprint density at radius 2 is 1.92 bits per heavy atom. The molecule has 2 aromatic carbocycles. The molecule has 1 atom stereocenters. The van der Waals surface area contributed by atoms with Crippen molar-refractivity contribution in [2.24, 2.45) is 5.41 Å². The first kappa shape index (κ1) is 25.0. The van der Waals surface area contributed by atoms with Crippen LogP contribution in [0.3, 0.4) is 0 Å². The molecule has 186 valence electrons. The molecule has 0 saturated carbocycles. The van der Waals surface area contributed by atoms with Gasteiger partial charge in [0.05, 0.1) is 12.2 Å². The van der Waals surface area contributed by atoms with Gasteiger partial charge in [-0.1, -0.05) is 30.0 Å². The SMILES string of the molecule is Cc1cccc(C)c1Cn1cnc(C(=O)N[C@@H]2COc3ccc(C#CC(C)(C)C)cc3N(C)C2=O)n1. The van der Waals surface area contributed by atoms with Crippen LogP contribution in [-0.4, -0.2) is 46.3 Å². The van der Waals surface area contributed by atoms with Crippen molar-refractivity contribution in [3.63, 3.8) is 0 Å². The monoisotopic (exact) mass is 485 g/mol. The molecule has 0 unspecified atom stereocenters. The number of benzene rings is 2. The van der Waals surface area contributed by atoms with E-state index in [0.717, 1.165) is 22.3 Å². The highest BCUT2D eigenvalue weighted by Crippen LogP contribution is 2.31. The van der Waals surface area contributed by atoms with E-state index in [2.05, 4.69) is 27.2 Å². The average Bonchev–Trinajstić information content (AvgIpc) is 3.26. The van der Waals surface area contributed by atoms with Gasteiger partial charge in [-0.15, -0.1) is 5.10 Å². The van der Waals surface area contributed by atoms with Crippen molar-refractivity contribution in [1.82, 2.24) is 20.1 Å². The molecular weight excluding hydrogens is 454 g/mol. The molecule has 0 aliphatic carbocycles. The molecule has 1 N–H and O–H groups in total. The number of nitrogens with zero attached hydrogens (tertiary/aromatic N) is 4. The summed E-state index contributed by atoms with van der Waals surface area (Å²) in [5, 5.41) is 7.05. The van der Waals surface area contributed by atoms with Gasteiger partial charge in [-0.3, -0.25) is 9.59 Å². The summed E-state index contributed by atoms with van der Waals surface area (Å²) in [6, 6.07) is 10.7. The molecular formula is C28H31N5O3. The Balaban J connectivity index is 1.47. The van der Waals surface area contributed by atoms with Crippen molar-refractivity contribution in [2.45, 2.75) is 47.2 Å². The van der Waals surface area contributed by atoms with Gasteiger partial charge in [0.1, 0.15) is 24.7 Å². The third-order valence-corrected chi connectivity index (χ3v) is 5.95. The normalized spacial score (nSPS) is 15.3. The molecule has 1 aliphatic rings. The van der Waals surface area contributed by atoms with Crippen LogP contribution < -0.4 is 15.0 Å². The van der Waals surface area contributed by atoms with E-state index in [-0.39, 0.29) is 23.8 Å². The van der Waals surface area contributed by atoms with Crippen molar-refractivity contribution < 1.29 is 14.3 Å². The highest BCUT2D eigenvalue weighted by atomic mass is 16.5. The van der Waals surface area contributed by atoms with E-state index >= 15 is 0 Å². The van der Waals surface area contributed by atoms with E-state index in [1.54, 1.807) is 17.8 Å². The van der Waals surface area contributed by atoms with Crippen LogP contribution in [0.1, 0.15) is 53.6 Å². The summed E-state index contributed by atoms with van der Waals surface area (Å²) in [5.41, 5.74) is 4.68. The predicted molar refractivity (Wildman–Crippen MR) is 138 cm³/mol. The fourth-order valence-corrected chi connectivity index (χ4v) is 3.90. The minimum atomic E-state index is -0.885. The Labute approximate surface area is 211 Å². The van der Waals surface area contributed by atoms with Crippen molar-refractivity contribution in [3.05, 3.63) is 70.8 Å². The topological polar surface area (TPSA) is 89.4 Å². The van der Waals surface area contributed by atoms with Crippen molar-refractivity contribution in [2.75, 3.05) is 18.6 Å². The molecule has 1 aromatic heterocycles. The van der Waals surface area contributed by atoms with Gasteiger partial charge in [0.25, 0.3) is 11.8 Å². The summed E-state index contributed by atoms with van der Waals surface area (Å²) in [5.74, 6) is 6.07. The Kier molecular flexibility index (Phi) is 6.84. The van der Waals surface area contributed by atoms with Gasteiger partial charge in [0.15, 0.2) is 0 Å². The first-order valence-electron chi connectivity index (χ1n) is 11.8. The minimum Gasteiger partial charge on any atom is -0.489 e. The zero-order valence-electron chi connectivity index (χ0n) is 21.5. The Morgan fingerprint density at radius 1 is 1.19 bits per heavy atom. The van der Waals surface area contributed by atoms with Crippen molar-refractivity contribution in [1.29, 1.82) is 0 Å². The van der Waals surface area contributed by atoms with Gasteiger partial charge in [-0.2, -0.15) is 0 Å². The average molecular weight is 486 g/mol. The maximum Gasteiger partial charge on any atom is 0.291 e. The molecule has 0 saturated heterocycles. The first-order valence-corrected chi connectivity index (χ1v) is 11.8. The van der Waals surface area contributed by atoms with Crippen LogP contribution in [0, 0.1) is 31.1 Å². The smallest absolute Gasteiger partial charge is 0.291 e. The molecule has 36 heavy (non-hydrogen) atoms. The molecule has 0 radical (unpaired) electrons. The fourth-order valence-electron chi connectivity index (χ4n) is 3.90. The van der Waals surface area contributed by atoms with Gasteiger partial charge < -0.3 is 15.0 Å². The number of fused-ring (bicyclic) bond motifs is 1. The standard InChI is InChI=1S/C28H31N5O3/c1-18-8-7-9-19(2)21(18)15-33-17-29-25(31-33)26(34)30-22-16-36-24-11-10-20(12-13-28(3,4)5)14-23(24)32(6)27(22)35/h7-11,14,17,22H,15-16H2,1-6H3,(H,30,34)/t22-/m1/s1. The molecule has 8 heteroatoms. The number of carbonyl (C=O) groups is 2. The van der Waals surface area contributed by atoms with Gasteiger partial charge in [-0.25, -0.2) is 9.67 Å². The Morgan fingerprint density at radius 3 is 2.61 bits per heavy atom. The third-order valence-electron chi connectivity index (χ3n) is 5.95. The fraction of sp³-hybridized carbons (Fsp3) is 0.357. The van der Waals surface area contributed by atoms with Crippen LogP contribution in [0.5, 0.6) is 5.75 Å². The van der Waals surface area contributed by atoms with E-state index in [1.807, 2.05) is 65.0 Å². The van der Waals surface area contributed by atoms with E-state index in [9.17, 15) is 9.59 Å². The summed E-state index contributed by atoms with van der Waals surface area (Å²) in [6.45, 7) is 10.7. The quantitative estimate of drug-likeness (QED) is 0.572. The molecule has 3 aromatic rings. The third kappa shape index (κ3) is 5.57. The lowest BCUT2D eigenvalue weighted by Gasteiger charge is -2.20. The van der Waals surface area contributed by atoms with Crippen molar-refractivity contribution >= 4 is 17.5 Å². The Hall–Kier alpha value is -4.12. The maximum absolute atomic E-state index is 13.2. The summed E-state index contributed by atoms with van der Waals surface area (Å²) >= 11 is 0. The number of hydrogen-bond acceptors (Lipinski definition) is 5. The molecule has 0 fully saturated rings. The lowest BCUT2D eigenvalue weighted by Crippen LogP contribution is -2.49. The molecule has 4 rings (SSSR count). The van der Waals surface area contributed by atoms with Crippen LogP contribution in [0.25, 0.3) is 0 Å². The largest absolute Gasteiger partial charge is 0.489 e. The number of rotatable bonds is 4. The van der Waals surface area contributed by atoms with Crippen LogP contribution >= 0.6 is 0 Å². The number of nitrogens with one attached hydrogen (secondary N) is 1. The second-order valence-electron chi connectivity index (χ2n) is 10.1. The molecule has 0 bridgehead atoms. The van der Waals surface area contributed by atoms with Gasteiger partial charge in [0, 0.05) is 18.0 Å². The number of carbonyl (C=O) groups excluding carboxylic acids is 2. The predicted octanol–water partition coefficient (Wildman–Crippen LogP) is 3.49. The number of anilines is 1. The number of likely N-dealkylation sites (N-methyl/N-ethyl adjacent to an activating group) is 1. The van der Waals surface area contributed by atoms with Crippen LogP contribution in [0.4, 0.5) is 5.69 Å². The molecule has 2 amide bonds. The molecule has 2 heterocycles. The highest BCUT2D eigenvalue weighted by Gasteiger charge is 2.31. The summed E-state index contributed by atoms with van der Waals surface area (Å²) in [6.07, 6.45) is 1.52. The molecule has 8 nitrogen and oxygen atoms in total. The van der Waals surface area contributed by atoms with Crippen LogP contribution in [0.15, 0.2) is 42.7 Å². The summed E-state index contributed by atoms with van der Waals surface area (Å²) < 4.78 is 7.50. The van der Waals surface area contributed by atoms with Gasteiger partial charge in [0.2, 0.25) is 5.82 Å². The molecule has 1 aliphatic heterocycles. The van der Waals surface area contributed by atoms with Crippen molar-refractivity contribution in [3.8, 4) is 17.6 Å². The van der Waals surface area contributed by atoms with Crippen LogP contribution in [0.2, 0.25) is 0 Å². The number of amides is 2. The van der Waals surface area contributed by atoms with Gasteiger partial charge >= 0.3 is 0 Å². The van der Waals surface area contributed by atoms with E-state index < -0.39 is 11.9 Å². The second-order valence-corrected chi connectivity index (χ2v) is 10.1. The minimum absolute atomic E-state index is 0.00167. The van der Waals surface area contributed by atoms with E-state index in [1.165, 1.54) is 11.2 Å². The van der Waals surface area contributed by atoms with Gasteiger partial charge in [-0.05, 0) is 69.5 Å². The van der Waals surface area contributed by atoms with Crippen LogP contribution in [-0.2, 0) is 11.3 Å². The zero-order chi connectivity index (χ0) is 26.0. The second kappa shape index (κ2) is 9.86. The molecule has 0 spiro atoms. The maximum atomic E-state index is 13.2. The number of aromatic nitrogens is 3. The zero-order valence-corrected chi connectivity index (χ0v) is 21.5. The lowest BCUT2D eigenvalue weighted by molar-refractivity contribution is -0.120. The number of aryl methyl sites for hydroxylation is 2. The summed E-state index contributed by atoms with van der Waals surface area (Å²) in [4.78, 5) is 31.7. The van der Waals surface area contributed by atoms with E-state index in [0.29, 0.717) is 18.0 Å². The first-order chi connectivity index (χ1) is 17.0. The Bertz CT molecular complexity index is 1350. The summed E-state index contributed by atoms with van der Waals surface area (Å²) in [7, 11) is 1.66.